The van der Waals surface area contributed by atoms with E-state index in [-0.39, 0.29) is 11.6 Å². The number of thiophene rings is 1. The predicted octanol–water partition coefficient (Wildman–Crippen LogP) is 4.47. The molecule has 2 unspecified atom stereocenters. The van der Waals surface area contributed by atoms with Gasteiger partial charge in [-0.25, -0.2) is 0 Å². The van der Waals surface area contributed by atoms with E-state index in [2.05, 4.69) is 31.9 Å². The van der Waals surface area contributed by atoms with Crippen LogP contribution in [0.1, 0.15) is 36.6 Å². The molecule has 4 rings (SSSR count). The second-order valence-corrected chi connectivity index (χ2v) is 8.13. The summed E-state index contributed by atoms with van der Waals surface area (Å²) in [5, 5.41) is 0. The van der Waals surface area contributed by atoms with Crippen LogP contribution in [0.4, 0.5) is 0 Å². The number of ether oxygens (including phenoxy) is 1. The zero-order valence-electron chi connectivity index (χ0n) is 10.8. The first kappa shape index (κ1) is 13.8. The third kappa shape index (κ3) is 1.73. The minimum Gasteiger partial charge on any atom is -0.344 e. The third-order valence-corrected chi connectivity index (χ3v) is 6.77. The van der Waals surface area contributed by atoms with Gasteiger partial charge in [-0.3, -0.25) is 9.59 Å². The number of Topliss-reactive ketones (excluding diaryl/α,β-unsaturated/α-hetero) is 2. The average Bonchev–Trinajstić information content (AvgIpc) is 3.05. The number of benzene rings is 1. The van der Waals surface area contributed by atoms with Crippen LogP contribution in [0, 0.1) is 6.92 Å². The van der Waals surface area contributed by atoms with Crippen LogP contribution in [-0.4, -0.2) is 17.2 Å². The molecule has 1 saturated heterocycles. The molecular formula is C15H8Br2O3S. The summed E-state index contributed by atoms with van der Waals surface area (Å²) in [5.41, 5.74) is 0.0436. The molecule has 1 fully saturated rings. The van der Waals surface area contributed by atoms with E-state index in [4.69, 9.17) is 4.74 Å². The van der Waals surface area contributed by atoms with Gasteiger partial charge in [0.2, 0.25) is 17.2 Å². The maximum atomic E-state index is 12.6. The van der Waals surface area contributed by atoms with Crippen molar-refractivity contribution in [2.24, 2.45) is 0 Å². The number of hydrogen-bond donors (Lipinski definition) is 0. The molecular weight excluding hydrogens is 420 g/mol. The quantitative estimate of drug-likeness (QED) is 0.498. The van der Waals surface area contributed by atoms with E-state index < -0.39 is 11.7 Å². The number of carbonyl (C=O) groups is 2. The van der Waals surface area contributed by atoms with Gasteiger partial charge in [0, 0.05) is 19.4 Å². The molecule has 1 aromatic heterocycles. The van der Waals surface area contributed by atoms with E-state index in [0.29, 0.717) is 10.4 Å². The Morgan fingerprint density at radius 2 is 1.90 bits per heavy atom. The molecule has 1 aromatic carbocycles. The van der Waals surface area contributed by atoms with Crippen LogP contribution in [0.3, 0.4) is 0 Å². The topological polar surface area (TPSA) is 46.7 Å². The van der Waals surface area contributed by atoms with Gasteiger partial charge in [-0.2, -0.15) is 0 Å². The molecule has 6 heteroatoms. The van der Waals surface area contributed by atoms with Crippen LogP contribution < -0.4 is 0 Å². The average molecular weight is 428 g/mol. The fourth-order valence-corrected chi connectivity index (χ4v) is 4.45. The lowest BCUT2D eigenvalue weighted by Crippen LogP contribution is -2.27. The van der Waals surface area contributed by atoms with Gasteiger partial charge in [-0.15, -0.1) is 11.3 Å². The summed E-state index contributed by atoms with van der Waals surface area (Å²) in [6.45, 7) is 1.90. The highest BCUT2D eigenvalue weighted by Crippen LogP contribution is 2.58. The molecule has 0 amide bonds. The number of aryl methyl sites for hydroxylation is 1. The van der Waals surface area contributed by atoms with E-state index in [1.165, 1.54) is 11.3 Å². The number of ketones is 2. The number of carbonyl (C=O) groups excluding carboxylic acids is 2. The van der Waals surface area contributed by atoms with E-state index in [1.807, 2.05) is 25.1 Å². The Bertz CT molecular complexity index is 791. The maximum Gasteiger partial charge on any atom is 0.225 e. The first-order valence-corrected chi connectivity index (χ1v) is 8.68. The molecule has 0 bridgehead atoms. The minimum absolute atomic E-state index is 0.190. The van der Waals surface area contributed by atoms with Crippen molar-refractivity contribution in [3.8, 4) is 0 Å². The summed E-state index contributed by atoms with van der Waals surface area (Å²) in [6.07, 6.45) is -0.484. The van der Waals surface area contributed by atoms with E-state index in [9.17, 15) is 9.59 Å². The Morgan fingerprint density at radius 1 is 1.14 bits per heavy atom. The highest BCUT2D eigenvalue weighted by molar-refractivity contribution is 9.13. The van der Waals surface area contributed by atoms with Crippen molar-refractivity contribution in [2.75, 3.05) is 0 Å². The van der Waals surface area contributed by atoms with E-state index >= 15 is 0 Å². The summed E-state index contributed by atoms with van der Waals surface area (Å²) in [5.74, 6) is -0.388. The van der Waals surface area contributed by atoms with Crippen molar-refractivity contribution >= 4 is 54.8 Å². The SMILES string of the molecule is Cc1cc2c(s1)C(=O)C1(OC1c1ccc(Br)c(Br)c1)C2=O. The van der Waals surface area contributed by atoms with Crippen LogP contribution in [0.25, 0.3) is 0 Å². The van der Waals surface area contributed by atoms with E-state index in [1.54, 1.807) is 6.07 Å². The molecule has 2 aromatic rings. The largest absolute Gasteiger partial charge is 0.344 e. The number of halogens is 2. The Morgan fingerprint density at radius 3 is 2.57 bits per heavy atom. The van der Waals surface area contributed by atoms with Gasteiger partial charge in [0.1, 0.15) is 6.10 Å². The second-order valence-electron chi connectivity index (χ2n) is 5.17. The summed E-state index contributed by atoms with van der Waals surface area (Å²) in [4.78, 5) is 26.7. The first-order chi connectivity index (χ1) is 9.95. The summed E-state index contributed by atoms with van der Waals surface area (Å²) in [7, 11) is 0. The minimum atomic E-state index is -1.30. The Kier molecular flexibility index (Phi) is 2.86. The molecule has 1 aliphatic heterocycles. The maximum absolute atomic E-state index is 12.6. The molecule has 1 aliphatic carbocycles. The highest BCUT2D eigenvalue weighted by Gasteiger charge is 2.72. The highest BCUT2D eigenvalue weighted by atomic mass is 79.9. The van der Waals surface area contributed by atoms with Crippen molar-refractivity contribution in [3.05, 3.63) is 54.1 Å². The van der Waals surface area contributed by atoms with Crippen LogP contribution in [0.5, 0.6) is 0 Å². The zero-order chi connectivity index (χ0) is 14.9. The van der Waals surface area contributed by atoms with Crippen molar-refractivity contribution in [1.29, 1.82) is 0 Å². The number of rotatable bonds is 1. The van der Waals surface area contributed by atoms with Gasteiger partial charge in [0.05, 0.1) is 4.88 Å². The van der Waals surface area contributed by atoms with Crippen molar-refractivity contribution in [2.45, 2.75) is 18.6 Å². The van der Waals surface area contributed by atoms with E-state index in [0.717, 1.165) is 19.4 Å². The molecule has 2 aliphatic rings. The monoisotopic (exact) mass is 426 g/mol. The molecule has 106 valence electrons. The molecule has 3 nitrogen and oxygen atoms in total. The van der Waals surface area contributed by atoms with Crippen LogP contribution in [0.2, 0.25) is 0 Å². The van der Waals surface area contributed by atoms with Crippen molar-refractivity contribution < 1.29 is 14.3 Å². The molecule has 2 heterocycles. The van der Waals surface area contributed by atoms with Crippen molar-refractivity contribution in [3.63, 3.8) is 0 Å². The fraction of sp³-hybridized carbons (Fsp3) is 0.200. The molecule has 21 heavy (non-hydrogen) atoms. The standard InChI is InChI=1S/C15H8Br2O3S/c1-6-4-8-11(21-6)13(19)15(12(8)18)14(20-15)7-2-3-9(16)10(17)5-7/h2-5,14H,1H3. The number of hydrogen-bond acceptors (Lipinski definition) is 4. The molecule has 0 N–H and O–H groups in total. The normalized spacial score (nSPS) is 26.5. The molecule has 2 atom stereocenters. The first-order valence-electron chi connectivity index (χ1n) is 6.28. The fourth-order valence-electron chi connectivity index (χ4n) is 2.80. The smallest absolute Gasteiger partial charge is 0.225 e. The Labute approximate surface area is 141 Å². The molecule has 0 saturated carbocycles. The van der Waals surface area contributed by atoms with Gasteiger partial charge >= 0.3 is 0 Å². The Hall–Kier alpha value is -0.820. The van der Waals surface area contributed by atoms with Gasteiger partial charge in [-0.05, 0) is 62.5 Å². The van der Waals surface area contributed by atoms with Gasteiger partial charge in [0.15, 0.2) is 0 Å². The van der Waals surface area contributed by atoms with Gasteiger partial charge in [0.25, 0.3) is 0 Å². The van der Waals surface area contributed by atoms with Crippen LogP contribution in [-0.2, 0) is 4.74 Å². The molecule has 0 radical (unpaired) electrons. The number of epoxide rings is 1. The van der Waals surface area contributed by atoms with Crippen molar-refractivity contribution in [1.82, 2.24) is 0 Å². The van der Waals surface area contributed by atoms with Crippen LogP contribution >= 0.6 is 43.2 Å². The Balaban J connectivity index is 1.76. The molecule has 1 spiro atoms. The third-order valence-electron chi connectivity index (χ3n) is 3.84. The second kappa shape index (κ2) is 4.35. The summed E-state index contributed by atoms with van der Waals surface area (Å²) in [6, 6.07) is 7.40. The lowest BCUT2D eigenvalue weighted by molar-refractivity contribution is 0.0786. The number of fused-ring (bicyclic) bond motifs is 1. The predicted molar refractivity (Wildman–Crippen MR) is 86.1 cm³/mol. The zero-order valence-corrected chi connectivity index (χ0v) is 14.8. The van der Waals surface area contributed by atoms with Crippen LogP contribution in [0.15, 0.2) is 33.2 Å². The summed E-state index contributed by atoms with van der Waals surface area (Å²) < 4.78 is 7.41. The van der Waals surface area contributed by atoms with Gasteiger partial charge < -0.3 is 4.74 Å². The van der Waals surface area contributed by atoms with Gasteiger partial charge in [-0.1, -0.05) is 6.07 Å². The lowest BCUT2D eigenvalue weighted by atomic mass is 9.95. The summed E-state index contributed by atoms with van der Waals surface area (Å²) >= 11 is 8.20. The lowest BCUT2D eigenvalue weighted by Gasteiger charge is -2.03.